The van der Waals surface area contributed by atoms with Gasteiger partial charge in [-0.05, 0) is 66.9 Å². The minimum Gasteiger partial charge on any atom is -0.497 e. The van der Waals surface area contributed by atoms with Crippen molar-refractivity contribution in [1.29, 1.82) is 0 Å². The van der Waals surface area contributed by atoms with E-state index in [1.165, 1.54) is 61.6 Å². The van der Waals surface area contributed by atoms with Gasteiger partial charge in [0.25, 0.3) is 10.0 Å². The second-order valence-electron chi connectivity index (χ2n) is 10.2. The van der Waals surface area contributed by atoms with Crippen molar-refractivity contribution in [2.45, 2.75) is 38.3 Å². The van der Waals surface area contributed by atoms with Crippen LogP contribution in [0.4, 0.5) is 5.69 Å². The van der Waals surface area contributed by atoms with E-state index < -0.39 is 28.5 Å². The molecule has 0 bridgehead atoms. The van der Waals surface area contributed by atoms with E-state index in [1.54, 1.807) is 38.3 Å². The van der Waals surface area contributed by atoms with E-state index in [4.69, 9.17) is 25.8 Å². The Morgan fingerprint density at radius 2 is 1.49 bits per heavy atom. The molecule has 1 unspecified atom stereocenters. The van der Waals surface area contributed by atoms with Crippen LogP contribution in [-0.2, 0) is 26.2 Å². The number of methoxy groups -OCH3 is 3. The first-order valence-corrected chi connectivity index (χ1v) is 15.4. The van der Waals surface area contributed by atoms with Crippen LogP contribution >= 0.6 is 11.6 Å². The lowest BCUT2D eigenvalue weighted by molar-refractivity contribution is -0.139. The minimum absolute atomic E-state index is 0.0595. The van der Waals surface area contributed by atoms with Crippen molar-refractivity contribution in [3.8, 4) is 17.2 Å². The van der Waals surface area contributed by atoms with Crippen molar-refractivity contribution >= 4 is 39.1 Å². The van der Waals surface area contributed by atoms with Crippen LogP contribution < -0.4 is 23.8 Å². The summed E-state index contributed by atoms with van der Waals surface area (Å²) in [5, 5.41) is 3.27. The summed E-state index contributed by atoms with van der Waals surface area (Å²) >= 11 is 6.09. The number of carbonyl (C=O) groups is 2. The Morgan fingerprint density at radius 3 is 2.05 bits per heavy atom. The lowest BCUT2D eigenvalue weighted by atomic mass is 10.1. The number of nitrogens with zero attached hydrogens (tertiary/aromatic N) is 2. The maximum Gasteiger partial charge on any atom is 0.264 e. The van der Waals surface area contributed by atoms with E-state index in [2.05, 4.69) is 5.32 Å². The van der Waals surface area contributed by atoms with Gasteiger partial charge < -0.3 is 24.4 Å². The first-order valence-electron chi connectivity index (χ1n) is 13.6. The Kier molecular flexibility index (Phi) is 11.7. The van der Waals surface area contributed by atoms with Gasteiger partial charge in [0.15, 0.2) is 11.5 Å². The average molecular weight is 632 g/mol. The van der Waals surface area contributed by atoms with Gasteiger partial charge in [0.05, 0.1) is 31.9 Å². The van der Waals surface area contributed by atoms with Gasteiger partial charge in [0, 0.05) is 24.2 Å². The summed E-state index contributed by atoms with van der Waals surface area (Å²) in [5.74, 6) is 0.469. The van der Waals surface area contributed by atoms with Gasteiger partial charge in [0.2, 0.25) is 11.8 Å². The van der Waals surface area contributed by atoms with Gasteiger partial charge in [-0.1, -0.05) is 37.6 Å². The van der Waals surface area contributed by atoms with Crippen LogP contribution in [0.15, 0.2) is 71.6 Å². The molecule has 1 atom stereocenters. The molecule has 0 aliphatic rings. The summed E-state index contributed by atoms with van der Waals surface area (Å²) in [5.41, 5.74) is 0.951. The van der Waals surface area contributed by atoms with Crippen LogP contribution in [0.5, 0.6) is 17.2 Å². The summed E-state index contributed by atoms with van der Waals surface area (Å²) < 4.78 is 45.0. The molecule has 0 fully saturated rings. The number of hydrogen-bond donors (Lipinski definition) is 1. The second kappa shape index (κ2) is 15.0. The third-order valence-corrected chi connectivity index (χ3v) is 8.72. The van der Waals surface area contributed by atoms with Gasteiger partial charge in [-0.25, -0.2) is 8.42 Å². The summed E-state index contributed by atoms with van der Waals surface area (Å²) in [6.45, 7) is 5.45. The normalized spacial score (nSPS) is 11.9. The van der Waals surface area contributed by atoms with Gasteiger partial charge >= 0.3 is 0 Å². The number of nitrogens with one attached hydrogen (secondary N) is 1. The first kappa shape index (κ1) is 33.5. The summed E-state index contributed by atoms with van der Waals surface area (Å²) in [6, 6.07) is 16.5. The van der Waals surface area contributed by atoms with Crippen molar-refractivity contribution in [2.24, 2.45) is 5.92 Å². The number of halogens is 1. The van der Waals surface area contributed by atoms with E-state index in [0.717, 1.165) is 9.87 Å². The Hall–Kier alpha value is -3.96. The fraction of sp³-hybridized carbons (Fsp3) is 0.355. The van der Waals surface area contributed by atoms with Crippen LogP contribution in [-0.4, -0.2) is 65.6 Å². The van der Waals surface area contributed by atoms with Crippen molar-refractivity contribution in [3.63, 3.8) is 0 Å². The van der Waals surface area contributed by atoms with Crippen LogP contribution in [0.1, 0.15) is 26.3 Å². The quantitative estimate of drug-likeness (QED) is 0.273. The summed E-state index contributed by atoms with van der Waals surface area (Å²) in [7, 11) is 0.0848. The molecule has 232 valence electrons. The maximum atomic E-state index is 14.1. The number of hydrogen-bond acceptors (Lipinski definition) is 7. The maximum absolute atomic E-state index is 14.1. The lowest BCUT2D eigenvalue weighted by Crippen LogP contribution is -2.51. The predicted octanol–water partition coefficient (Wildman–Crippen LogP) is 4.75. The van der Waals surface area contributed by atoms with E-state index in [1.807, 2.05) is 13.8 Å². The van der Waals surface area contributed by atoms with Crippen molar-refractivity contribution in [1.82, 2.24) is 10.2 Å². The van der Waals surface area contributed by atoms with Crippen LogP contribution in [0.3, 0.4) is 0 Å². The zero-order valence-electron chi connectivity index (χ0n) is 25.2. The standard InChI is InChI=1S/C31H38ClN3O7S/c1-21(2)18-33-31(37)22(3)34(19-23-7-13-26(40-4)14-8-23)30(36)20-35(25-11-9-24(32)10-12-25)43(38,39)27-15-16-28(41-5)29(17-27)42-6/h7-17,21-22H,18-20H2,1-6H3,(H,33,37). The van der Waals surface area contributed by atoms with Crippen LogP contribution in [0.2, 0.25) is 5.02 Å². The van der Waals surface area contributed by atoms with Crippen molar-refractivity contribution in [2.75, 3.05) is 38.7 Å². The molecule has 0 aliphatic heterocycles. The Labute approximate surface area is 258 Å². The van der Waals surface area contributed by atoms with Crippen LogP contribution in [0.25, 0.3) is 0 Å². The number of sulfonamides is 1. The molecule has 3 rings (SSSR count). The highest BCUT2D eigenvalue weighted by molar-refractivity contribution is 7.92. The SMILES string of the molecule is COc1ccc(CN(C(=O)CN(c2ccc(Cl)cc2)S(=O)(=O)c2ccc(OC)c(OC)c2)C(C)C(=O)NCC(C)C)cc1. The number of benzene rings is 3. The van der Waals surface area contributed by atoms with Crippen LogP contribution in [0, 0.1) is 5.92 Å². The molecule has 0 saturated carbocycles. The third-order valence-electron chi connectivity index (χ3n) is 6.70. The van der Waals surface area contributed by atoms with Crippen molar-refractivity contribution < 1.29 is 32.2 Å². The molecule has 0 aliphatic carbocycles. The Bertz CT molecular complexity index is 1500. The highest BCUT2D eigenvalue weighted by Crippen LogP contribution is 2.32. The highest BCUT2D eigenvalue weighted by atomic mass is 35.5. The van der Waals surface area contributed by atoms with Gasteiger partial charge in [-0.3, -0.25) is 13.9 Å². The Morgan fingerprint density at radius 1 is 0.860 bits per heavy atom. The van der Waals surface area contributed by atoms with E-state index in [9.17, 15) is 18.0 Å². The largest absolute Gasteiger partial charge is 0.497 e. The van der Waals surface area contributed by atoms with Gasteiger partial charge in [-0.15, -0.1) is 0 Å². The molecular formula is C31H38ClN3O7S. The zero-order valence-corrected chi connectivity index (χ0v) is 26.7. The minimum atomic E-state index is -4.31. The predicted molar refractivity (Wildman–Crippen MR) is 166 cm³/mol. The highest BCUT2D eigenvalue weighted by Gasteiger charge is 2.33. The lowest BCUT2D eigenvalue weighted by Gasteiger charge is -2.32. The fourth-order valence-corrected chi connectivity index (χ4v) is 5.76. The third kappa shape index (κ3) is 8.55. The molecule has 3 aromatic rings. The average Bonchev–Trinajstić information content (AvgIpc) is 3.01. The molecule has 2 amide bonds. The molecule has 43 heavy (non-hydrogen) atoms. The smallest absolute Gasteiger partial charge is 0.264 e. The number of rotatable bonds is 14. The molecule has 0 spiro atoms. The van der Waals surface area contributed by atoms with Gasteiger partial charge in [-0.2, -0.15) is 0 Å². The molecule has 3 aromatic carbocycles. The van der Waals surface area contributed by atoms with E-state index >= 15 is 0 Å². The molecular weight excluding hydrogens is 594 g/mol. The molecule has 1 N–H and O–H groups in total. The zero-order chi connectivity index (χ0) is 31.7. The Balaban J connectivity index is 2.04. The van der Waals surface area contributed by atoms with E-state index in [0.29, 0.717) is 23.1 Å². The molecule has 0 saturated heterocycles. The number of carbonyl (C=O) groups excluding carboxylic acids is 2. The molecule has 0 heterocycles. The summed E-state index contributed by atoms with van der Waals surface area (Å²) in [4.78, 5) is 28.4. The second-order valence-corrected chi connectivity index (χ2v) is 12.5. The van der Waals surface area contributed by atoms with E-state index in [-0.39, 0.29) is 34.7 Å². The molecule has 10 nitrogen and oxygen atoms in total. The topological polar surface area (TPSA) is 114 Å². The monoisotopic (exact) mass is 631 g/mol. The molecule has 12 heteroatoms. The fourth-order valence-electron chi connectivity index (χ4n) is 4.20. The first-order chi connectivity index (χ1) is 20.4. The molecule has 0 aromatic heterocycles. The molecule has 0 radical (unpaired) electrons. The number of anilines is 1. The van der Waals surface area contributed by atoms with Gasteiger partial charge in [0.1, 0.15) is 18.3 Å². The summed E-state index contributed by atoms with van der Waals surface area (Å²) in [6.07, 6.45) is 0. The number of amides is 2. The number of ether oxygens (including phenoxy) is 3. The van der Waals surface area contributed by atoms with Crippen molar-refractivity contribution in [3.05, 3.63) is 77.3 Å².